The van der Waals surface area contributed by atoms with E-state index >= 15 is 4.39 Å². The van der Waals surface area contributed by atoms with Crippen LogP contribution in [0.2, 0.25) is 0 Å². The zero-order valence-corrected chi connectivity index (χ0v) is 36.9. The molecule has 2 aliphatic rings. The molecule has 2 nitrogen and oxygen atoms in total. The highest BCUT2D eigenvalue weighted by molar-refractivity contribution is 7.99. The van der Waals surface area contributed by atoms with Crippen LogP contribution in [0.4, 0.5) is 38.5 Å². The smallest absolute Gasteiger partial charge is 0.148 e. The lowest BCUT2D eigenvalue weighted by Gasteiger charge is -2.32. The molecule has 4 heteroatoms. The van der Waals surface area contributed by atoms with Gasteiger partial charge in [0.15, 0.2) is 0 Å². The second-order valence-electron chi connectivity index (χ2n) is 17.4. The molecule has 1 heterocycles. The van der Waals surface area contributed by atoms with Gasteiger partial charge in [-0.2, -0.15) is 0 Å². The molecule has 310 valence electrons. The fourth-order valence-electron chi connectivity index (χ4n) is 10.2. The van der Waals surface area contributed by atoms with Crippen LogP contribution in [0.5, 0.6) is 0 Å². The van der Waals surface area contributed by atoms with E-state index in [1.807, 2.05) is 66.7 Å². The Labute approximate surface area is 383 Å². The normalized spacial score (nSPS) is 12.9. The Morgan fingerprint density at radius 3 is 1.69 bits per heavy atom. The summed E-state index contributed by atoms with van der Waals surface area (Å²) >= 11 is 1.80. The largest absolute Gasteiger partial charge is 0.310 e. The van der Waals surface area contributed by atoms with Gasteiger partial charge in [0.1, 0.15) is 5.82 Å². The van der Waals surface area contributed by atoms with E-state index < -0.39 is 0 Å². The maximum Gasteiger partial charge on any atom is 0.148 e. The van der Waals surface area contributed by atoms with Gasteiger partial charge in [0.05, 0.1) is 11.4 Å². The molecule has 0 radical (unpaired) electrons. The Hall–Kier alpha value is -7.66. The first kappa shape index (κ1) is 39.0. The number of rotatable bonds is 8. The molecule has 10 aromatic rings. The molecule has 0 bridgehead atoms. The zero-order valence-electron chi connectivity index (χ0n) is 36.0. The summed E-state index contributed by atoms with van der Waals surface area (Å²) in [5, 5.41) is 2.23. The fourth-order valence-corrected chi connectivity index (χ4v) is 11.4. The molecule has 0 spiro atoms. The maximum absolute atomic E-state index is 17.4. The number of nitrogens with zero attached hydrogens (tertiary/aromatic N) is 2. The molecule has 1 aliphatic carbocycles. The molecular formula is C61H43FN2S. The van der Waals surface area contributed by atoms with Crippen molar-refractivity contribution in [1.29, 1.82) is 0 Å². The molecule has 0 unspecified atom stereocenters. The Bertz CT molecular complexity index is 3440. The van der Waals surface area contributed by atoms with Crippen molar-refractivity contribution in [3.8, 4) is 44.5 Å². The minimum absolute atomic E-state index is 0.117. The van der Waals surface area contributed by atoms with Gasteiger partial charge in [-0.3, -0.25) is 0 Å². The number of anilines is 6. The second-order valence-corrected chi connectivity index (χ2v) is 18.5. The number of halogens is 1. The summed E-state index contributed by atoms with van der Waals surface area (Å²) in [4.78, 5) is 6.87. The van der Waals surface area contributed by atoms with Crippen LogP contribution >= 0.6 is 11.8 Å². The van der Waals surface area contributed by atoms with Crippen LogP contribution in [-0.4, -0.2) is 0 Å². The monoisotopic (exact) mass is 854 g/mol. The summed E-state index contributed by atoms with van der Waals surface area (Å²) in [7, 11) is 0. The topological polar surface area (TPSA) is 6.48 Å². The summed E-state index contributed by atoms with van der Waals surface area (Å²) < 4.78 is 17.4. The van der Waals surface area contributed by atoms with Crippen LogP contribution in [0.25, 0.3) is 55.3 Å². The van der Waals surface area contributed by atoms with Gasteiger partial charge < -0.3 is 9.80 Å². The quantitative estimate of drug-likeness (QED) is 0.150. The lowest BCUT2D eigenvalue weighted by Crippen LogP contribution is -2.16. The highest BCUT2D eigenvalue weighted by Gasteiger charge is 2.36. The van der Waals surface area contributed by atoms with E-state index in [0.29, 0.717) is 5.69 Å². The Kier molecular flexibility index (Phi) is 9.32. The number of fused-ring (bicyclic) bond motifs is 5. The van der Waals surface area contributed by atoms with Gasteiger partial charge in [0, 0.05) is 54.3 Å². The minimum atomic E-state index is -0.291. The molecule has 12 rings (SSSR count). The van der Waals surface area contributed by atoms with Crippen molar-refractivity contribution in [3.05, 3.63) is 241 Å². The molecule has 65 heavy (non-hydrogen) atoms. The van der Waals surface area contributed by atoms with Crippen LogP contribution in [-0.2, 0) is 5.41 Å². The molecule has 0 saturated carbocycles. The SMILES string of the molecule is CC1(C)c2ccccc2-c2ccc(N(c3ccccc3)c3ccc4c(c3)Sc3cccc5c(N(c6ccccc6)c6c(F)cc(-c7ccccc7)cc6-c6ccccc6)ccc-4c35)cc21. The van der Waals surface area contributed by atoms with Gasteiger partial charge >= 0.3 is 0 Å². The summed E-state index contributed by atoms with van der Waals surface area (Å²) in [6.45, 7) is 4.68. The van der Waals surface area contributed by atoms with Gasteiger partial charge in [0.25, 0.3) is 0 Å². The van der Waals surface area contributed by atoms with Crippen LogP contribution in [0.3, 0.4) is 0 Å². The van der Waals surface area contributed by atoms with E-state index in [1.54, 1.807) is 17.8 Å². The predicted octanol–water partition coefficient (Wildman–Crippen LogP) is 17.7. The molecule has 0 saturated heterocycles. The van der Waals surface area contributed by atoms with Crippen molar-refractivity contribution in [2.45, 2.75) is 29.1 Å². The molecule has 0 aromatic heterocycles. The summed E-state index contributed by atoms with van der Waals surface area (Å²) in [6.07, 6.45) is 0. The molecule has 0 atom stereocenters. The maximum atomic E-state index is 17.4. The average molecular weight is 855 g/mol. The minimum Gasteiger partial charge on any atom is -0.310 e. The number of para-hydroxylation sites is 2. The highest BCUT2D eigenvalue weighted by atomic mass is 32.2. The first-order valence-electron chi connectivity index (χ1n) is 22.2. The molecule has 1 aliphatic heterocycles. The van der Waals surface area contributed by atoms with Gasteiger partial charge in [-0.05, 0) is 123 Å². The molecule has 0 N–H and O–H groups in total. The van der Waals surface area contributed by atoms with E-state index in [0.717, 1.165) is 56.1 Å². The van der Waals surface area contributed by atoms with Crippen molar-refractivity contribution >= 4 is 56.7 Å². The van der Waals surface area contributed by atoms with E-state index in [4.69, 9.17) is 0 Å². The molecule has 0 amide bonds. The molecular weight excluding hydrogens is 812 g/mol. The predicted molar refractivity (Wildman–Crippen MR) is 271 cm³/mol. The van der Waals surface area contributed by atoms with Crippen molar-refractivity contribution in [2.24, 2.45) is 0 Å². The van der Waals surface area contributed by atoms with E-state index in [9.17, 15) is 0 Å². The van der Waals surface area contributed by atoms with E-state index in [2.05, 4.69) is 175 Å². The Morgan fingerprint density at radius 1 is 0.385 bits per heavy atom. The summed E-state index contributed by atoms with van der Waals surface area (Å²) in [5.41, 5.74) is 16.8. The fraction of sp³-hybridized carbons (Fsp3) is 0.0492. The summed E-state index contributed by atoms with van der Waals surface area (Å²) in [5.74, 6) is -0.291. The third-order valence-corrected chi connectivity index (χ3v) is 14.4. The van der Waals surface area contributed by atoms with Crippen LogP contribution in [0.1, 0.15) is 25.0 Å². The summed E-state index contributed by atoms with van der Waals surface area (Å²) in [6, 6.07) is 78.6. The second kappa shape index (κ2) is 15.5. The van der Waals surface area contributed by atoms with Gasteiger partial charge in [-0.1, -0.05) is 177 Å². The van der Waals surface area contributed by atoms with Crippen LogP contribution in [0, 0.1) is 5.82 Å². The average Bonchev–Trinajstić information content (AvgIpc) is 3.58. The highest BCUT2D eigenvalue weighted by Crippen LogP contribution is 2.55. The standard InChI is InChI=1S/C61H43FN2S/c1-61(2)53-28-16-15-26-47(53)48-32-30-45(38-54(48)61)63(43-22-11-5-12-23-43)46-31-33-49-50-34-35-56(51-27-17-29-57(59(50)51)65-58(49)39-46)64(44-24-13-6-14-25-44)60-52(41-20-9-4-10-21-41)36-42(37-55(60)62)40-18-7-3-8-19-40/h3-39H,1-2H3. The zero-order chi connectivity index (χ0) is 43.6. The Balaban J connectivity index is 1.00. The first-order valence-corrected chi connectivity index (χ1v) is 23.0. The Morgan fingerprint density at radius 2 is 0.969 bits per heavy atom. The number of hydrogen-bond donors (Lipinski definition) is 0. The third kappa shape index (κ3) is 6.47. The molecule has 10 aromatic carbocycles. The van der Waals surface area contributed by atoms with Crippen molar-refractivity contribution < 1.29 is 4.39 Å². The van der Waals surface area contributed by atoms with Gasteiger partial charge in [-0.25, -0.2) is 4.39 Å². The van der Waals surface area contributed by atoms with Crippen molar-refractivity contribution in [1.82, 2.24) is 0 Å². The number of hydrogen-bond acceptors (Lipinski definition) is 3. The van der Waals surface area contributed by atoms with Gasteiger partial charge in [0.2, 0.25) is 0 Å². The number of benzene rings is 10. The molecule has 0 fully saturated rings. The lowest BCUT2D eigenvalue weighted by atomic mass is 9.82. The first-order chi connectivity index (χ1) is 31.9. The van der Waals surface area contributed by atoms with E-state index in [-0.39, 0.29) is 11.2 Å². The van der Waals surface area contributed by atoms with Crippen molar-refractivity contribution in [3.63, 3.8) is 0 Å². The van der Waals surface area contributed by atoms with Crippen LogP contribution < -0.4 is 9.80 Å². The van der Waals surface area contributed by atoms with Gasteiger partial charge in [-0.15, -0.1) is 0 Å². The van der Waals surface area contributed by atoms with Crippen LogP contribution in [0.15, 0.2) is 234 Å². The van der Waals surface area contributed by atoms with Crippen molar-refractivity contribution in [2.75, 3.05) is 9.80 Å². The van der Waals surface area contributed by atoms with E-state index in [1.165, 1.54) is 48.6 Å². The third-order valence-electron chi connectivity index (χ3n) is 13.3. The lowest BCUT2D eigenvalue weighted by molar-refractivity contribution is 0.630.